The SMILES string of the molecule is CCc1ccc(NC(=O)Nc2ccc(C)c(OCc3cc(=O)n4cccc(C)c4n3)c2)cc1. The molecule has 0 aliphatic rings. The molecule has 0 saturated carbocycles. The predicted octanol–water partition coefficient (Wildman–Crippen LogP) is 5.10. The lowest BCUT2D eigenvalue weighted by atomic mass is 10.1. The van der Waals surface area contributed by atoms with Gasteiger partial charge in [-0.25, -0.2) is 9.78 Å². The molecule has 7 nitrogen and oxygen atoms in total. The van der Waals surface area contributed by atoms with Gasteiger partial charge in [0, 0.05) is 29.7 Å². The third-order valence-electron chi connectivity index (χ3n) is 5.38. The number of hydrogen-bond acceptors (Lipinski definition) is 4. The fourth-order valence-electron chi connectivity index (χ4n) is 3.49. The number of ether oxygens (including phenoxy) is 1. The maximum atomic E-state index is 12.4. The van der Waals surface area contributed by atoms with E-state index in [1.807, 2.05) is 62.4 Å². The molecule has 33 heavy (non-hydrogen) atoms. The topological polar surface area (TPSA) is 84.7 Å². The van der Waals surface area contributed by atoms with Crippen LogP contribution in [0.3, 0.4) is 0 Å². The van der Waals surface area contributed by atoms with Crippen molar-refractivity contribution in [3.05, 3.63) is 99.6 Å². The second-order valence-corrected chi connectivity index (χ2v) is 7.87. The highest BCUT2D eigenvalue weighted by molar-refractivity contribution is 5.99. The van der Waals surface area contributed by atoms with Crippen LogP contribution in [0.15, 0.2) is 71.7 Å². The van der Waals surface area contributed by atoms with Crippen molar-refractivity contribution in [1.29, 1.82) is 0 Å². The fraction of sp³-hybridized carbons (Fsp3) is 0.192. The Morgan fingerprint density at radius 2 is 1.70 bits per heavy atom. The van der Waals surface area contributed by atoms with E-state index in [1.54, 1.807) is 12.3 Å². The molecule has 168 valence electrons. The monoisotopic (exact) mass is 442 g/mol. The molecule has 0 fully saturated rings. The highest BCUT2D eigenvalue weighted by atomic mass is 16.5. The average Bonchev–Trinajstić information content (AvgIpc) is 2.80. The number of carbonyl (C=O) groups is 1. The van der Waals surface area contributed by atoms with E-state index in [0.29, 0.717) is 22.8 Å². The van der Waals surface area contributed by atoms with E-state index in [1.165, 1.54) is 16.0 Å². The fourth-order valence-corrected chi connectivity index (χ4v) is 3.49. The van der Waals surface area contributed by atoms with Gasteiger partial charge in [0.1, 0.15) is 18.0 Å². The van der Waals surface area contributed by atoms with Crippen molar-refractivity contribution in [1.82, 2.24) is 9.38 Å². The van der Waals surface area contributed by atoms with Gasteiger partial charge >= 0.3 is 6.03 Å². The number of urea groups is 1. The van der Waals surface area contributed by atoms with Crippen LogP contribution in [0.25, 0.3) is 5.65 Å². The normalized spacial score (nSPS) is 10.8. The Balaban J connectivity index is 1.45. The number of hydrogen-bond donors (Lipinski definition) is 2. The Morgan fingerprint density at radius 3 is 2.45 bits per heavy atom. The van der Waals surface area contributed by atoms with Crippen LogP contribution in [0.2, 0.25) is 0 Å². The molecule has 0 unspecified atom stereocenters. The Bertz CT molecular complexity index is 1360. The van der Waals surface area contributed by atoms with Gasteiger partial charge < -0.3 is 15.4 Å². The van der Waals surface area contributed by atoms with Crippen LogP contribution < -0.4 is 20.9 Å². The van der Waals surface area contributed by atoms with Crippen LogP contribution >= 0.6 is 0 Å². The average molecular weight is 443 g/mol. The van der Waals surface area contributed by atoms with Gasteiger partial charge in [-0.3, -0.25) is 9.20 Å². The lowest BCUT2D eigenvalue weighted by Gasteiger charge is -2.13. The summed E-state index contributed by atoms with van der Waals surface area (Å²) in [7, 11) is 0. The number of nitrogens with one attached hydrogen (secondary N) is 2. The van der Waals surface area contributed by atoms with Crippen LogP contribution in [0.5, 0.6) is 5.75 Å². The van der Waals surface area contributed by atoms with Gasteiger partial charge in [0.2, 0.25) is 0 Å². The molecule has 7 heteroatoms. The number of fused-ring (bicyclic) bond motifs is 1. The van der Waals surface area contributed by atoms with E-state index >= 15 is 0 Å². The molecule has 0 atom stereocenters. The predicted molar refractivity (Wildman–Crippen MR) is 130 cm³/mol. The van der Waals surface area contributed by atoms with Crippen LogP contribution in [-0.4, -0.2) is 15.4 Å². The minimum absolute atomic E-state index is 0.139. The lowest BCUT2D eigenvalue weighted by molar-refractivity contribution is 0.262. The van der Waals surface area contributed by atoms with E-state index in [4.69, 9.17) is 4.74 Å². The molecule has 2 heterocycles. The molecular weight excluding hydrogens is 416 g/mol. The summed E-state index contributed by atoms with van der Waals surface area (Å²) in [4.78, 5) is 29.4. The number of nitrogens with zero attached hydrogens (tertiary/aromatic N) is 2. The van der Waals surface area contributed by atoms with Crippen LogP contribution in [0, 0.1) is 13.8 Å². The molecule has 0 spiro atoms. The van der Waals surface area contributed by atoms with Crippen LogP contribution in [0.4, 0.5) is 16.2 Å². The lowest BCUT2D eigenvalue weighted by Crippen LogP contribution is -2.19. The third-order valence-corrected chi connectivity index (χ3v) is 5.38. The van der Waals surface area contributed by atoms with E-state index in [0.717, 1.165) is 23.2 Å². The second kappa shape index (κ2) is 9.56. The van der Waals surface area contributed by atoms with Crippen molar-refractivity contribution in [3.63, 3.8) is 0 Å². The van der Waals surface area contributed by atoms with Gasteiger partial charge in [-0.05, 0) is 61.2 Å². The maximum Gasteiger partial charge on any atom is 0.323 e. The summed E-state index contributed by atoms with van der Waals surface area (Å²) in [6.45, 7) is 6.05. The molecule has 0 bridgehead atoms. The Hall–Kier alpha value is -4.13. The molecule has 2 amide bonds. The molecule has 0 saturated heterocycles. The largest absolute Gasteiger partial charge is 0.487 e. The van der Waals surface area contributed by atoms with Crippen molar-refractivity contribution in [2.75, 3.05) is 10.6 Å². The molecule has 2 aromatic heterocycles. The van der Waals surface area contributed by atoms with Gasteiger partial charge in [-0.15, -0.1) is 0 Å². The zero-order valence-electron chi connectivity index (χ0n) is 18.9. The number of pyridine rings is 1. The van der Waals surface area contributed by atoms with Gasteiger partial charge in [0.25, 0.3) is 5.56 Å². The first-order valence-corrected chi connectivity index (χ1v) is 10.8. The molecule has 4 aromatic rings. The van der Waals surface area contributed by atoms with E-state index < -0.39 is 0 Å². The first-order valence-electron chi connectivity index (χ1n) is 10.8. The number of amides is 2. The first kappa shape index (κ1) is 22.1. The summed E-state index contributed by atoms with van der Waals surface area (Å²) in [5, 5.41) is 5.65. The molecule has 0 aliphatic carbocycles. The number of rotatable bonds is 6. The zero-order chi connectivity index (χ0) is 23.4. The summed E-state index contributed by atoms with van der Waals surface area (Å²) in [5.74, 6) is 0.604. The summed E-state index contributed by atoms with van der Waals surface area (Å²) < 4.78 is 7.47. The van der Waals surface area contributed by atoms with Crippen LogP contribution in [-0.2, 0) is 13.0 Å². The minimum Gasteiger partial charge on any atom is -0.487 e. The molecular formula is C26H26N4O3. The molecule has 0 radical (unpaired) electrons. The maximum absolute atomic E-state index is 12.4. The standard InChI is InChI=1S/C26H26N4O3/c1-4-19-8-11-20(12-9-19)28-26(32)29-21-10-7-17(2)23(14-21)33-16-22-15-24(31)30-13-5-6-18(3)25(30)27-22/h5-15H,4,16H2,1-3H3,(H2,28,29,32). The van der Waals surface area contributed by atoms with Gasteiger partial charge in [-0.1, -0.05) is 31.2 Å². The summed E-state index contributed by atoms with van der Waals surface area (Å²) in [5.41, 5.74) is 5.34. The van der Waals surface area contributed by atoms with Crippen molar-refractivity contribution >= 4 is 23.1 Å². The number of benzene rings is 2. The molecule has 2 N–H and O–H groups in total. The number of anilines is 2. The highest BCUT2D eigenvalue weighted by Gasteiger charge is 2.09. The van der Waals surface area contributed by atoms with Crippen molar-refractivity contribution < 1.29 is 9.53 Å². The van der Waals surface area contributed by atoms with Gasteiger partial charge in [0.05, 0.1) is 5.69 Å². The van der Waals surface area contributed by atoms with Crippen molar-refractivity contribution in [3.8, 4) is 5.75 Å². The van der Waals surface area contributed by atoms with E-state index in [-0.39, 0.29) is 18.2 Å². The molecule has 4 rings (SSSR count). The number of aryl methyl sites for hydroxylation is 3. The Kier molecular flexibility index (Phi) is 6.40. The summed E-state index contributed by atoms with van der Waals surface area (Å²) in [6.07, 6.45) is 2.65. The van der Waals surface area contributed by atoms with Crippen molar-refractivity contribution in [2.24, 2.45) is 0 Å². The number of aromatic nitrogens is 2. The van der Waals surface area contributed by atoms with E-state index in [9.17, 15) is 9.59 Å². The zero-order valence-corrected chi connectivity index (χ0v) is 18.9. The van der Waals surface area contributed by atoms with Gasteiger partial charge in [-0.2, -0.15) is 0 Å². The summed E-state index contributed by atoms with van der Waals surface area (Å²) >= 11 is 0. The Labute approximate surface area is 192 Å². The summed E-state index contributed by atoms with van der Waals surface area (Å²) in [6, 6.07) is 18.0. The minimum atomic E-state index is -0.339. The quantitative estimate of drug-likeness (QED) is 0.435. The Morgan fingerprint density at radius 1 is 0.970 bits per heavy atom. The van der Waals surface area contributed by atoms with Crippen molar-refractivity contribution in [2.45, 2.75) is 33.8 Å². The smallest absolute Gasteiger partial charge is 0.323 e. The molecule has 2 aromatic carbocycles. The van der Waals surface area contributed by atoms with Crippen LogP contribution in [0.1, 0.15) is 29.3 Å². The van der Waals surface area contributed by atoms with E-state index in [2.05, 4.69) is 22.5 Å². The first-order chi connectivity index (χ1) is 15.9. The van der Waals surface area contributed by atoms with Gasteiger partial charge in [0.15, 0.2) is 0 Å². The second-order valence-electron chi connectivity index (χ2n) is 7.87. The number of carbonyl (C=O) groups excluding carboxylic acids is 1. The highest BCUT2D eigenvalue weighted by Crippen LogP contribution is 2.24. The molecule has 0 aliphatic heterocycles. The third kappa shape index (κ3) is 5.20.